The lowest BCUT2D eigenvalue weighted by molar-refractivity contribution is 2.38. The molecule has 0 heterocycles. The second-order valence-electron chi connectivity index (χ2n) is 1.01. The highest BCUT2D eigenvalue weighted by molar-refractivity contribution is 8.79. The summed E-state index contributed by atoms with van der Waals surface area (Å²) in [5.74, 6) is 0. The van der Waals surface area contributed by atoms with Crippen molar-refractivity contribution < 1.29 is 0 Å². The molecule has 0 N–H and O–H groups in total. The van der Waals surface area contributed by atoms with Crippen LogP contribution in [0.15, 0.2) is 19.8 Å². The Bertz CT molecular complexity index is 127. The Hall–Kier alpha value is 1.34. The summed E-state index contributed by atoms with van der Waals surface area (Å²) in [4.78, 5) is 0. The number of hydrogen-bond donors (Lipinski definition) is 0. The highest BCUT2D eigenvalue weighted by atomic mass is 35.5. The van der Waals surface area contributed by atoms with Crippen molar-refractivity contribution in [1.82, 2.24) is 0 Å². The summed E-state index contributed by atoms with van der Waals surface area (Å²) >= 11 is 21.2. The van der Waals surface area contributed by atoms with Crippen LogP contribution in [0.1, 0.15) is 0 Å². The molecule has 58 valence electrons. The van der Waals surface area contributed by atoms with Crippen LogP contribution < -0.4 is 0 Å². The predicted octanol–water partition coefficient (Wildman–Crippen LogP) is 4.92. The van der Waals surface area contributed by atoms with Crippen LogP contribution in [0.3, 0.4) is 0 Å². The fraction of sp³-hybridized carbons (Fsp3) is 0. The first-order valence-corrected chi connectivity index (χ1v) is 5.76. The molecule has 0 unspecified atom stereocenters. The lowest BCUT2D eigenvalue weighted by Gasteiger charge is -1.85. The van der Waals surface area contributed by atoms with Gasteiger partial charge in [-0.1, -0.05) is 68.0 Å². The summed E-state index contributed by atoms with van der Waals surface area (Å²) in [6.07, 6.45) is 0. The van der Waals surface area contributed by atoms with Crippen LogP contribution >= 0.6 is 68.0 Å². The van der Waals surface area contributed by atoms with Gasteiger partial charge in [0.15, 0.2) is 0 Å². The van der Waals surface area contributed by atoms with Gasteiger partial charge in [0.05, 0.1) is 0 Å². The predicted molar refractivity (Wildman–Crippen MR) is 54.8 cm³/mol. The molecule has 0 spiro atoms. The molecule has 0 saturated heterocycles. The Balaban J connectivity index is 3.39. The van der Waals surface area contributed by atoms with Crippen molar-refractivity contribution in [1.29, 1.82) is 0 Å². The topological polar surface area (TPSA) is 0 Å². The molecule has 0 aromatic heterocycles. The summed E-state index contributed by atoms with van der Waals surface area (Å²) in [5, 5.41) is 3.14. The molecule has 0 aliphatic carbocycles. The van der Waals surface area contributed by atoms with Crippen molar-refractivity contribution in [2.24, 2.45) is 0 Å². The van der Waals surface area contributed by atoms with Crippen LogP contribution in [0.25, 0.3) is 0 Å². The van der Waals surface area contributed by atoms with E-state index < -0.39 is 0 Å². The normalized spacial score (nSPS) is 8.80. The Kier molecular flexibility index (Phi) is 7.95. The zero-order valence-corrected chi connectivity index (χ0v) is 9.14. The van der Waals surface area contributed by atoms with Crippen molar-refractivity contribution in [2.45, 2.75) is 0 Å². The van der Waals surface area contributed by atoms with E-state index in [2.05, 4.69) is 0 Å². The summed E-state index contributed by atoms with van der Waals surface area (Å²) in [5.41, 5.74) is 0. The van der Waals surface area contributed by atoms with Crippen LogP contribution in [0.2, 0.25) is 0 Å². The summed E-state index contributed by atoms with van der Waals surface area (Å²) < 4.78 is 0.438. The first kappa shape index (κ1) is 11.3. The van der Waals surface area contributed by atoms with Crippen molar-refractivity contribution in [2.75, 3.05) is 0 Å². The van der Waals surface area contributed by atoms with Gasteiger partial charge in [-0.05, 0) is 0 Å². The smallest absolute Gasteiger partial charge is 0.0703 e. The van der Waals surface area contributed by atoms with Crippen LogP contribution in [0.5, 0.6) is 0 Å². The van der Waals surface area contributed by atoms with E-state index in [4.69, 9.17) is 46.4 Å². The first-order valence-electron chi connectivity index (χ1n) is 1.97. The van der Waals surface area contributed by atoms with Gasteiger partial charge in [-0.3, -0.25) is 0 Å². The number of hydrogen-bond acceptors (Lipinski definition) is 2. The van der Waals surface area contributed by atoms with Crippen LogP contribution in [0, 0.1) is 0 Å². The molecule has 0 aliphatic rings. The quantitative estimate of drug-likeness (QED) is 0.519. The van der Waals surface area contributed by atoms with Gasteiger partial charge in [0.25, 0.3) is 0 Å². The molecule has 0 aromatic rings. The zero-order chi connectivity index (χ0) is 7.98. The molecule has 0 aromatic carbocycles. The molecule has 0 atom stereocenters. The van der Waals surface area contributed by atoms with E-state index >= 15 is 0 Å². The Labute approximate surface area is 87.3 Å². The maximum absolute atomic E-state index is 5.30. The third-order valence-electron chi connectivity index (χ3n) is 0.330. The van der Waals surface area contributed by atoms with Crippen LogP contribution in [0.4, 0.5) is 0 Å². The van der Waals surface area contributed by atoms with Gasteiger partial charge in [0.2, 0.25) is 0 Å². The third-order valence-corrected chi connectivity index (χ3v) is 2.97. The molecule has 0 bridgehead atoms. The van der Waals surface area contributed by atoms with Crippen molar-refractivity contribution in [3.63, 3.8) is 0 Å². The van der Waals surface area contributed by atoms with Gasteiger partial charge < -0.3 is 0 Å². The van der Waals surface area contributed by atoms with E-state index in [-0.39, 0.29) is 8.98 Å². The second-order valence-corrected chi connectivity index (χ2v) is 5.03. The first-order chi connectivity index (χ1) is 4.63. The van der Waals surface area contributed by atoms with E-state index in [9.17, 15) is 0 Å². The van der Waals surface area contributed by atoms with Gasteiger partial charge in [-0.15, -0.1) is 0 Å². The van der Waals surface area contributed by atoms with Gasteiger partial charge in [-0.2, -0.15) is 0 Å². The highest BCUT2D eigenvalue weighted by Gasteiger charge is 1.85. The van der Waals surface area contributed by atoms with Gasteiger partial charge in [-0.25, -0.2) is 0 Å². The van der Waals surface area contributed by atoms with E-state index in [0.717, 1.165) is 0 Å². The lowest BCUT2D eigenvalue weighted by Crippen LogP contribution is -1.46. The van der Waals surface area contributed by atoms with Crippen LogP contribution in [-0.4, -0.2) is 0 Å². The molecular formula is C4H2Cl4S2. The fourth-order valence-electron chi connectivity index (χ4n) is 0.128. The zero-order valence-electron chi connectivity index (χ0n) is 4.48. The molecule has 0 aliphatic heterocycles. The minimum absolute atomic E-state index is 0.219. The van der Waals surface area contributed by atoms with E-state index in [1.165, 1.54) is 21.6 Å². The molecule has 0 radical (unpaired) electrons. The highest BCUT2D eigenvalue weighted by Crippen LogP contribution is 2.29. The largest absolute Gasteiger partial charge is 0.113 e. The third kappa shape index (κ3) is 9.34. The average Bonchev–Trinajstić information content (AvgIpc) is 1.79. The molecule has 6 heteroatoms. The lowest BCUT2D eigenvalue weighted by atomic mass is 11.2. The van der Waals surface area contributed by atoms with Crippen molar-refractivity contribution in [3.05, 3.63) is 19.8 Å². The monoisotopic (exact) mass is 254 g/mol. The Morgan fingerprint density at radius 2 is 1.10 bits per heavy atom. The van der Waals surface area contributed by atoms with Gasteiger partial charge in [0, 0.05) is 10.8 Å². The molecule has 0 fully saturated rings. The van der Waals surface area contributed by atoms with E-state index in [0.29, 0.717) is 0 Å². The minimum Gasteiger partial charge on any atom is -0.0703 e. The van der Waals surface area contributed by atoms with Crippen molar-refractivity contribution >= 4 is 68.0 Å². The average molecular weight is 256 g/mol. The molecule has 0 rings (SSSR count). The second kappa shape index (κ2) is 7.01. The minimum atomic E-state index is 0.219. The summed E-state index contributed by atoms with van der Waals surface area (Å²) in [6, 6.07) is 0. The maximum Gasteiger partial charge on any atom is 0.113 e. The molecule has 0 amide bonds. The molecule has 0 saturated carbocycles. The number of rotatable bonds is 3. The summed E-state index contributed by atoms with van der Waals surface area (Å²) in [6.45, 7) is 0. The van der Waals surface area contributed by atoms with Gasteiger partial charge in [0.1, 0.15) is 8.98 Å². The fourth-order valence-corrected chi connectivity index (χ4v) is 2.46. The number of halogens is 4. The van der Waals surface area contributed by atoms with Crippen molar-refractivity contribution in [3.8, 4) is 0 Å². The Morgan fingerprint density at radius 1 is 0.800 bits per heavy atom. The Morgan fingerprint density at radius 3 is 1.30 bits per heavy atom. The molecule has 10 heavy (non-hydrogen) atoms. The van der Waals surface area contributed by atoms with E-state index in [1.807, 2.05) is 0 Å². The molecule has 0 nitrogen and oxygen atoms in total. The summed E-state index contributed by atoms with van der Waals surface area (Å²) in [7, 11) is 2.67. The van der Waals surface area contributed by atoms with E-state index in [1.54, 1.807) is 10.8 Å². The molecular weight excluding hydrogens is 254 g/mol. The van der Waals surface area contributed by atoms with Gasteiger partial charge >= 0.3 is 0 Å². The maximum atomic E-state index is 5.30. The standard InChI is InChI=1S/C4H2Cl4S2/c5-3(6)1-9-10-2-4(7)8/h1-2H. The SMILES string of the molecule is ClC(Cl)=CSSC=C(Cl)Cl. The van der Waals surface area contributed by atoms with Crippen LogP contribution in [-0.2, 0) is 0 Å².